The molecule has 1 atom stereocenters. The summed E-state index contributed by atoms with van der Waals surface area (Å²) in [6.07, 6.45) is 3.68. The van der Waals surface area contributed by atoms with Crippen molar-refractivity contribution in [2.24, 2.45) is 0 Å². The lowest BCUT2D eigenvalue weighted by molar-refractivity contribution is 0.149. The minimum Gasteiger partial charge on any atom is -0.390 e. The lowest BCUT2D eigenvalue weighted by Gasteiger charge is -2.16. The highest BCUT2D eigenvalue weighted by molar-refractivity contribution is 5.25. The van der Waals surface area contributed by atoms with E-state index in [0.29, 0.717) is 13.1 Å². The first kappa shape index (κ1) is 13.3. The van der Waals surface area contributed by atoms with E-state index in [4.69, 9.17) is 0 Å². The second kappa shape index (κ2) is 6.16. The quantitative estimate of drug-likeness (QED) is 0.731. The number of pyridine rings is 1. The van der Waals surface area contributed by atoms with Gasteiger partial charge in [0, 0.05) is 18.3 Å². The second-order valence-corrected chi connectivity index (χ2v) is 4.97. The van der Waals surface area contributed by atoms with E-state index in [-0.39, 0.29) is 5.56 Å². The normalized spacial score (nSPS) is 15.7. The van der Waals surface area contributed by atoms with E-state index in [1.165, 1.54) is 5.56 Å². The van der Waals surface area contributed by atoms with E-state index in [2.05, 4.69) is 12.2 Å². The Bertz CT molecular complexity index is 454. The van der Waals surface area contributed by atoms with Crippen molar-refractivity contribution in [1.29, 1.82) is 0 Å². The second-order valence-electron chi connectivity index (χ2n) is 4.97. The van der Waals surface area contributed by atoms with Crippen molar-refractivity contribution < 1.29 is 5.11 Å². The predicted octanol–water partition coefficient (Wildman–Crippen LogP) is 0.697. The van der Waals surface area contributed by atoms with Crippen LogP contribution in [-0.2, 0) is 19.4 Å². The molecule has 1 aromatic rings. The summed E-state index contributed by atoms with van der Waals surface area (Å²) < 4.78 is 1.75. The topological polar surface area (TPSA) is 54.3 Å². The molecule has 0 bridgehead atoms. The predicted molar refractivity (Wildman–Crippen MR) is 71.9 cm³/mol. The van der Waals surface area contributed by atoms with Crippen LogP contribution in [0.25, 0.3) is 0 Å². The summed E-state index contributed by atoms with van der Waals surface area (Å²) in [5, 5.41) is 13.1. The number of hydrogen-bond donors (Lipinski definition) is 2. The summed E-state index contributed by atoms with van der Waals surface area (Å²) >= 11 is 0. The number of aryl methyl sites for hydroxylation is 1. The summed E-state index contributed by atoms with van der Waals surface area (Å²) in [7, 11) is 0. The number of aliphatic hydroxyl groups excluding tert-OH is 1. The zero-order chi connectivity index (χ0) is 13.0. The SMILES string of the molecule is CCCNCC(O)Cn1c2c(ccc1=O)CCC2. The maximum atomic E-state index is 11.9. The Labute approximate surface area is 108 Å². The molecule has 1 heterocycles. The highest BCUT2D eigenvalue weighted by atomic mass is 16.3. The fourth-order valence-electron chi connectivity index (χ4n) is 2.55. The van der Waals surface area contributed by atoms with Crippen molar-refractivity contribution in [2.75, 3.05) is 13.1 Å². The molecule has 0 fully saturated rings. The largest absolute Gasteiger partial charge is 0.390 e. The lowest BCUT2D eigenvalue weighted by Crippen LogP contribution is -2.35. The monoisotopic (exact) mass is 250 g/mol. The van der Waals surface area contributed by atoms with Gasteiger partial charge < -0.3 is 15.0 Å². The van der Waals surface area contributed by atoms with Gasteiger partial charge in [-0.05, 0) is 37.8 Å². The molecule has 0 saturated heterocycles. The zero-order valence-electron chi connectivity index (χ0n) is 11.0. The number of aromatic nitrogens is 1. The summed E-state index contributed by atoms with van der Waals surface area (Å²) in [6.45, 7) is 3.94. The van der Waals surface area contributed by atoms with Crippen LogP contribution >= 0.6 is 0 Å². The number of fused-ring (bicyclic) bond motifs is 1. The summed E-state index contributed by atoms with van der Waals surface area (Å²) in [5.74, 6) is 0. The van der Waals surface area contributed by atoms with Crippen LogP contribution in [0, 0.1) is 0 Å². The first-order valence-electron chi connectivity index (χ1n) is 6.82. The highest BCUT2D eigenvalue weighted by Gasteiger charge is 2.17. The molecule has 4 heteroatoms. The summed E-state index contributed by atoms with van der Waals surface area (Å²) in [4.78, 5) is 11.9. The van der Waals surface area contributed by atoms with Gasteiger partial charge in [0.05, 0.1) is 12.6 Å². The number of rotatable bonds is 6. The van der Waals surface area contributed by atoms with Gasteiger partial charge in [0.2, 0.25) is 0 Å². The van der Waals surface area contributed by atoms with Gasteiger partial charge in [0.1, 0.15) is 0 Å². The molecule has 0 aromatic carbocycles. The van der Waals surface area contributed by atoms with Crippen LogP contribution in [0.5, 0.6) is 0 Å². The van der Waals surface area contributed by atoms with Crippen LogP contribution in [0.4, 0.5) is 0 Å². The Balaban J connectivity index is 2.05. The van der Waals surface area contributed by atoms with Gasteiger partial charge in [-0.3, -0.25) is 4.79 Å². The third-order valence-corrected chi connectivity index (χ3v) is 3.45. The molecule has 0 saturated carbocycles. The molecule has 1 aromatic heterocycles. The van der Waals surface area contributed by atoms with Gasteiger partial charge in [-0.1, -0.05) is 13.0 Å². The standard InChI is InChI=1S/C14H22N2O2/c1-2-8-15-9-12(17)10-16-13-5-3-4-11(13)6-7-14(16)18/h6-7,12,15,17H,2-5,8-10H2,1H3. The first-order chi connectivity index (χ1) is 8.72. The van der Waals surface area contributed by atoms with Crippen LogP contribution in [0.3, 0.4) is 0 Å². The van der Waals surface area contributed by atoms with Crippen LogP contribution in [0.2, 0.25) is 0 Å². The Morgan fingerprint density at radius 2 is 2.28 bits per heavy atom. The smallest absolute Gasteiger partial charge is 0.250 e. The molecule has 0 aliphatic heterocycles. The van der Waals surface area contributed by atoms with Crippen molar-refractivity contribution in [3.63, 3.8) is 0 Å². The molecule has 2 N–H and O–H groups in total. The average Bonchev–Trinajstić information content (AvgIpc) is 2.82. The van der Waals surface area contributed by atoms with Crippen LogP contribution in [-0.4, -0.2) is 28.9 Å². The first-order valence-corrected chi connectivity index (χ1v) is 6.82. The fourth-order valence-corrected chi connectivity index (χ4v) is 2.55. The molecular weight excluding hydrogens is 228 g/mol. The number of aliphatic hydroxyl groups is 1. The van der Waals surface area contributed by atoms with Gasteiger partial charge in [0.25, 0.3) is 5.56 Å². The van der Waals surface area contributed by atoms with E-state index in [1.807, 2.05) is 6.07 Å². The molecule has 1 unspecified atom stereocenters. The lowest BCUT2D eigenvalue weighted by atomic mass is 10.2. The van der Waals surface area contributed by atoms with Gasteiger partial charge >= 0.3 is 0 Å². The number of hydrogen-bond acceptors (Lipinski definition) is 3. The van der Waals surface area contributed by atoms with Crippen LogP contribution in [0.1, 0.15) is 31.0 Å². The molecule has 18 heavy (non-hydrogen) atoms. The Morgan fingerprint density at radius 3 is 3.06 bits per heavy atom. The molecule has 1 aliphatic rings. The maximum absolute atomic E-state index is 11.9. The third kappa shape index (κ3) is 3.00. The highest BCUT2D eigenvalue weighted by Crippen LogP contribution is 2.19. The Kier molecular flexibility index (Phi) is 4.55. The zero-order valence-corrected chi connectivity index (χ0v) is 11.0. The van der Waals surface area contributed by atoms with Crippen LogP contribution < -0.4 is 10.9 Å². The third-order valence-electron chi connectivity index (χ3n) is 3.45. The average molecular weight is 250 g/mol. The number of nitrogens with one attached hydrogen (secondary N) is 1. The van der Waals surface area contributed by atoms with Crippen LogP contribution in [0.15, 0.2) is 16.9 Å². The molecule has 1 aliphatic carbocycles. The van der Waals surface area contributed by atoms with E-state index in [1.54, 1.807) is 10.6 Å². The Hall–Kier alpha value is -1.13. The van der Waals surface area contributed by atoms with E-state index in [9.17, 15) is 9.90 Å². The van der Waals surface area contributed by atoms with Crippen molar-refractivity contribution in [3.8, 4) is 0 Å². The van der Waals surface area contributed by atoms with Crippen molar-refractivity contribution in [3.05, 3.63) is 33.7 Å². The Morgan fingerprint density at radius 1 is 1.44 bits per heavy atom. The van der Waals surface area contributed by atoms with Gasteiger partial charge in [-0.25, -0.2) is 0 Å². The van der Waals surface area contributed by atoms with Gasteiger partial charge in [0.15, 0.2) is 0 Å². The fraction of sp³-hybridized carbons (Fsp3) is 0.643. The minimum atomic E-state index is -0.499. The van der Waals surface area contributed by atoms with Gasteiger partial charge in [-0.2, -0.15) is 0 Å². The maximum Gasteiger partial charge on any atom is 0.250 e. The van der Waals surface area contributed by atoms with E-state index < -0.39 is 6.10 Å². The van der Waals surface area contributed by atoms with Crippen molar-refractivity contribution >= 4 is 0 Å². The molecule has 0 radical (unpaired) electrons. The molecule has 0 amide bonds. The van der Waals surface area contributed by atoms with Crippen molar-refractivity contribution in [1.82, 2.24) is 9.88 Å². The summed E-state index contributed by atoms with van der Waals surface area (Å²) in [6, 6.07) is 3.55. The summed E-state index contributed by atoms with van der Waals surface area (Å²) in [5.41, 5.74) is 2.39. The van der Waals surface area contributed by atoms with E-state index >= 15 is 0 Å². The number of nitrogens with zero attached hydrogens (tertiary/aromatic N) is 1. The minimum absolute atomic E-state index is 0.00481. The van der Waals surface area contributed by atoms with Crippen molar-refractivity contribution in [2.45, 2.75) is 45.3 Å². The molecule has 0 spiro atoms. The molecule has 4 nitrogen and oxygen atoms in total. The molecular formula is C14H22N2O2. The van der Waals surface area contributed by atoms with E-state index in [0.717, 1.165) is 37.9 Å². The molecule has 100 valence electrons. The van der Waals surface area contributed by atoms with Gasteiger partial charge in [-0.15, -0.1) is 0 Å². The molecule has 2 rings (SSSR count).